The second-order valence-electron chi connectivity index (χ2n) is 3.51. The van der Waals surface area contributed by atoms with E-state index in [-0.39, 0.29) is 6.10 Å². The van der Waals surface area contributed by atoms with Crippen LogP contribution in [0.5, 0.6) is 5.75 Å². The van der Waals surface area contributed by atoms with Crippen molar-refractivity contribution < 1.29 is 14.3 Å². The average Bonchev–Trinajstić information content (AvgIpc) is 2.24. The Labute approximate surface area is 93.7 Å². The summed E-state index contributed by atoms with van der Waals surface area (Å²) >= 11 is 0. The van der Waals surface area contributed by atoms with Gasteiger partial charge in [-0.15, -0.1) is 0 Å². The van der Waals surface area contributed by atoms with Gasteiger partial charge in [-0.2, -0.15) is 0 Å². The Morgan fingerprint density at radius 2 is 2.19 bits per heavy atom. The first-order valence-electron chi connectivity index (χ1n) is 5.11. The van der Waals surface area contributed by atoms with Gasteiger partial charge in [-0.05, 0) is 12.1 Å². The third-order valence-corrected chi connectivity index (χ3v) is 2.36. The Balaban J connectivity index is 1.94. The molecular weight excluding hydrogens is 208 g/mol. The van der Waals surface area contributed by atoms with Gasteiger partial charge in [0, 0.05) is 13.1 Å². The fraction of sp³-hybridized carbons (Fsp3) is 0.364. The molecule has 1 aromatic carbocycles. The van der Waals surface area contributed by atoms with Gasteiger partial charge in [0.05, 0.1) is 12.8 Å². The van der Waals surface area contributed by atoms with E-state index in [0.717, 1.165) is 13.1 Å². The summed E-state index contributed by atoms with van der Waals surface area (Å²) in [5.41, 5.74) is 0.613. The van der Waals surface area contributed by atoms with Crippen molar-refractivity contribution in [3.8, 4) is 5.75 Å². The molecule has 0 atom stereocenters. The fourth-order valence-electron chi connectivity index (χ4n) is 1.38. The molecule has 0 unspecified atom stereocenters. The lowest BCUT2D eigenvalue weighted by Crippen LogP contribution is -2.49. The van der Waals surface area contributed by atoms with Crippen LogP contribution in [-0.4, -0.2) is 32.4 Å². The first-order chi connectivity index (χ1) is 7.79. The van der Waals surface area contributed by atoms with Gasteiger partial charge in [0.1, 0.15) is 11.9 Å². The number of amides is 1. The van der Waals surface area contributed by atoms with Crippen LogP contribution in [0.4, 0.5) is 10.5 Å². The van der Waals surface area contributed by atoms with E-state index in [1.165, 1.54) is 0 Å². The van der Waals surface area contributed by atoms with Crippen LogP contribution in [0.2, 0.25) is 0 Å². The zero-order chi connectivity index (χ0) is 11.4. The third-order valence-electron chi connectivity index (χ3n) is 2.36. The van der Waals surface area contributed by atoms with Crippen LogP contribution < -0.4 is 15.4 Å². The van der Waals surface area contributed by atoms with Crippen molar-refractivity contribution in [3.05, 3.63) is 24.3 Å². The van der Waals surface area contributed by atoms with Crippen LogP contribution in [0.25, 0.3) is 0 Å². The molecule has 1 fully saturated rings. The van der Waals surface area contributed by atoms with Crippen molar-refractivity contribution >= 4 is 11.8 Å². The largest absolute Gasteiger partial charge is 0.495 e. The minimum absolute atomic E-state index is 0.0188. The summed E-state index contributed by atoms with van der Waals surface area (Å²) < 4.78 is 10.2. The van der Waals surface area contributed by atoms with Gasteiger partial charge in [0.25, 0.3) is 0 Å². The molecule has 1 saturated heterocycles. The first-order valence-corrected chi connectivity index (χ1v) is 5.11. The fourth-order valence-corrected chi connectivity index (χ4v) is 1.38. The number of ether oxygens (including phenoxy) is 2. The van der Waals surface area contributed by atoms with Crippen LogP contribution in [0.3, 0.4) is 0 Å². The Kier molecular flexibility index (Phi) is 3.26. The Morgan fingerprint density at radius 3 is 2.81 bits per heavy atom. The molecule has 1 heterocycles. The monoisotopic (exact) mass is 222 g/mol. The highest BCUT2D eigenvalue weighted by Gasteiger charge is 2.21. The normalized spacial score (nSPS) is 15.1. The molecule has 16 heavy (non-hydrogen) atoms. The molecular formula is C11H14N2O3. The molecule has 0 saturated carbocycles. The lowest BCUT2D eigenvalue weighted by molar-refractivity contribution is 0.0777. The molecule has 0 spiro atoms. The van der Waals surface area contributed by atoms with Crippen LogP contribution >= 0.6 is 0 Å². The third kappa shape index (κ3) is 2.43. The lowest BCUT2D eigenvalue weighted by atomic mass is 10.2. The van der Waals surface area contributed by atoms with E-state index in [1.54, 1.807) is 19.2 Å². The summed E-state index contributed by atoms with van der Waals surface area (Å²) in [5.74, 6) is 0.617. The molecule has 0 radical (unpaired) electrons. The smallest absolute Gasteiger partial charge is 0.412 e. The van der Waals surface area contributed by atoms with Crippen LogP contribution in [0.15, 0.2) is 24.3 Å². The molecule has 2 rings (SSSR count). The number of anilines is 1. The molecule has 2 N–H and O–H groups in total. The predicted octanol–water partition coefficient (Wildman–Crippen LogP) is 1.22. The van der Waals surface area contributed by atoms with E-state index in [4.69, 9.17) is 9.47 Å². The quantitative estimate of drug-likeness (QED) is 0.807. The number of carbonyl (C=O) groups excluding carboxylic acids is 1. The van der Waals surface area contributed by atoms with E-state index in [2.05, 4.69) is 10.6 Å². The maximum atomic E-state index is 11.5. The van der Waals surface area contributed by atoms with Crippen molar-refractivity contribution in [1.82, 2.24) is 5.32 Å². The molecule has 1 amide bonds. The lowest BCUT2D eigenvalue weighted by Gasteiger charge is -2.26. The van der Waals surface area contributed by atoms with Gasteiger partial charge in [-0.1, -0.05) is 12.1 Å². The minimum Gasteiger partial charge on any atom is -0.495 e. The van der Waals surface area contributed by atoms with Gasteiger partial charge in [-0.25, -0.2) is 4.79 Å². The number of hydrogen-bond acceptors (Lipinski definition) is 4. The van der Waals surface area contributed by atoms with Gasteiger partial charge in [0.2, 0.25) is 0 Å². The van der Waals surface area contributed by atoms with Crippen LogP contribution in [-0.2, 0) is 4.74 Å². The van der Waals surface area contributed by atoms with Crippen molar-refractivity contribution in [1.29, 1.82) is 0 Å². The summed E-state index contributed by atoms with van der Waals surface area (Å²) in [6.45, 7) is 1.44. The molecule has 86 valence electrons. The van der Waals surface area contributed by atoms with E-state index in [9.17, 15) is 4.79 Å². The van der Waals surface area contributed by atoms with Crippen molar-refractivity contribution in [3.63, 3.8) is 0 Å². The molecule has 1 aliphatic heterocycles. The van der Waals surface area contributed by atoms with E-state index in [0.29, 0.717) is 11.4 Å². The van der Waals surface area contributed by atoms with Crippen molar-refractivity contribution in [2.75, 3.05) is 25.5 Å². The number of methoxy groups -OCH3 is 1. The van der Waals surface area contributed by atoms with Gasteiger partial charge in [0.15, 0.2) is 0 Å². The molecule has 5 nitrogen and oxygen atoms in total. The highest BCUT2D eigenvalue weighted by atomic mass is 16.6. The zero-order valence-electron chi connectivity index (χ0n) is 9.03. The first kappa shape index (κ1) is 10.8. The summed E-state index contributed by atoms with van der Waals surface area (Å²) in [5, 5.41) is 5.67. The Hall–Kier alpha value is -1.75. The number of para-hydroxylation sites is 2. The number of rotatable bonds is 3. The number of benzene rings is 1. The molecule has 5 heteroatoms. The summed E-state index contributed by atoms with van der Waals surface area (Å²) in [7, 11) is 1.56. The topological polar surface area (TPSA) is 59.6 Å². The highest BCUT2D eigenvalue weighted by molar-refractivity contribution is 5.86. The molecule has 1 aromatic rings. The average molecular weight is 222 g/mol. The van der Waals surface area contributed by atoms with Crippen LogP contribution in [0.1, 0.15) is 0 Å². The van der Waals surface area contributed by atoms with Crippen LogP contribution in [0, 0.1) is 0 Å². The minimum atomic E-state index is -0.448. The van der Waals surface area contributed by atoms with Crippen molar-refractivity contribution in [2.24, 2.45) is 0 Å². The molecule has 0 aliphatic carbocycles. The molecule has 1 aliphatic rings. The summed E-state index contributed by atoms with van der Waals surface area (Å²) in [6, 6.07) is 7.20. The van der Waals surface area contributed by atoms with Gasteiger partial charge in [-0.3, -0.25) is 5.32 Å². The highest BCUT2D eigenvalue weighted by Crippen LogP contribution is 2.23. The maximum Gasteiger partial charge on any atom is 0.412 e. The number of nitrogens with one attached hydrogen (secondary N) is 2. The second-order valence-corrected chi connectivity index (χ2v) is 3.51. The van der Waals surface area contributed by atoms with Gasteiger partial charge < -0.3 is 14.8 Å². The predicted molar refractivity (Wildman–Crippen MR) is 59.8 cm³/mol. The number of carbonyl (C=O) groups is 1. The zero-order valence-corrected chi connectivity index (χ0v) is 9.03. The van der Waals surface area contributed by atoms with E-state index < -0.39 is 6.09 Å². The van der Waals surface area contributed by atoms with Gasteiger partial charge >= 0.3 is 6.09 Å². The molecule has 0 aromatic heterocycles. The standard InChI is InChI=1S/C11H14N2O3/c1-15-10-5-3-2-4-9(10)13-11(14)16-8-6-12-7-8/h2-5,8,12H,6-7H2,1H3,(H,13,14). The number of hydrogen-bond donors (Lipinski definition) is 2. The summed E-state index contributed by atoms with van der Waals surface area (Å²) in [4.78, 5) is 11.5. The van der Waals surface area contributed by atoms with E-state index >= 15 is 0 Å². The second kappa shape index (κ2) is 4.85. The Bertz CT molecular complexity index is 377. The Morgan fingerprint density at radius 1 is 1.44 bits per heavy atom. The SMILES string of the molecule is COc1ccccc1NC(=O)OC1CNC1. The van der Waals surface area contributed by atoms with Crippen molar-refractivity contribution in [2.45, 2.75) is 6.10 Å². The maximum absolute atomic E-state index is 11.5. The molecule has 0 bridgehead atoms. The van der Waals surface area contributed by atoms with E-state index in [1.807, 2.05) is 12.1 Å². The summed E-state index contributed by atoms with van der Waals surface area (Å²) in [6.07, 6.45) is -0.467.